The third-order valence-electron chi connectivity index (χ3n) is 25.5. The third kappa shape index (κ3) is 24.1. The topological polar surface area (TPSA) is 309 Å². The molecule has 35 heteroatoms. The monoisotopic (exact) mass is 2060 g/mol. The minimum atomic E-state index is -0.374. The van der Waals surface area contributed by atoms with Crippen LogP contribution in [0, 0.1) is 5.92 Å². The van der Waals surface area contributed by atoms with Crippen molar-refractivity contribution in [2.45, 2.75) is 98.3 Å². The van der Waals surface area contributed by atoms with Gasteiger partial charge < -0.3 is 48.6 Å². The highest BCUT2D eigenvalue weighted by Gasteiger charge is 2.29. The maximum Gasteiger partial charge on any atom is 0.254 e. The molecule has 0 spiro atoms. The molecule has 4 aliphatic heterocycles. The predicted molar refractivity (Wildman–Crippen MR) is 561 cm³/mol. The Morgan fingerprint density at radius 3 is 1.08 bits per heavy atom. The average Bonchev–Trinajstić information content (AvgIpc) is 1.65. The lowest BCUT2D eigenvalue weighted by Crippen LogP contribution is -2.51. The first-order chi connectivity index (χ1) is 68.7. The number of aromatic amines is 4. The highest BCUT2D eigenvalue weighted by molar-refractivity contribution is 6.37. The molecular formula is C107H102Cl8N18O9. The summed E-state index contributed by atoms with van der Waals surface area (Å²) in [6.45, 7) is 24.1. The fourth-order valence-corrected chi connectivity index (χ4v) is 20.4. The van der Waals surface area contributed by atoms with Crippen LogP contribution in [0.15, 0.2) is 219 Å². The van der Waals surface area contributed by atoms with E-state index < -0.39 is 0 Å². The first-order valence-corrected chi connectivity index (χ1v) is 49.7. The second kappa shape index (κ2) is 46.1. The summed E-state index contributed by atoms with van der Waals surface area (Å²) in [4.78, 5) is 76.0. The van der Waals surface area contributed by atoms with E-state index in [2.05, 4.69) is 115 Å². The number of hydrogen-bond acceptors (Lipinski definition) is 19. The molecule has 4 saturated heterocycles. The number of halogens is 8. The maximum absolute atomic E-state index is 12.9. The van der Waals surface area contributed by atoms with E-state index in [1.165, 1.54) is 5.56 Å². The van der Waals surface area contributed by atoms with Gasteiger partial charge in [0.25, 0.3) is 17.7 Å². The van der Waals surface area contributed by atoms with E-state index >= 15 is 0 Å². The number of rotatable bonds is 22. The van der Waals surface area contributed by atoms with Crippen LogP contribution in [0.25, 0.3) is 89.5 Å². The van der Waals surface area contributed by atoms with Crippen LogP contribution in [-0.2, 0) is 16.1 Å². The van der Waals surface area contributed by atoms with Crippen molar-refractivity contribution in [3.8, 4) is 56.8 Å². The number of nitrogens with zero attached hydrogens (tertiary/aromatic N) is 13. The quantitative estimate of drug-likeness (QED) is 0.0421. The van der Waals surface area contributed by atoms with Crippen molar-refractivity contribution >= 4 is 172 Å². The van der Waals surface area contributed by atoms with Crippen molar-refractivity contribution in [2.24, 2.45) is 5.92 Å². The fraction of sp³-hybridized carbons (Fsp3) is 0.271. The summed E-state index contributed by atoms with van der Waals surface area (Å²) in [7, 11) is 0. The maximum atomic E-state index is 12.9. The van der Waals surface area contributed by atoms with Crippen molar-refractivity contribution < 1.29 is 42.9 Å². The minimum Gasteiger partial charge on any atom is -0.486 e. The largest absolute Gasteiger partial charge is 0.486 e. The second-order valence-electron chi connectivity index (χ2n) is 35.3. The van der Waals surface area contributed by atoms with E-state index in [0.29, 0.717) is 153 Å². The van der Waals surface area contributed by atoms with Gasteiger partial charge in [0, 0.05) is 218 Å². The molecule has 0 bridgehead atoms. The summed E-state index contributed by atoms with van der Waals surface area (Å²) in [5.74, 6) is 3.68. The Balaban J connectivity index is 0.000000130. The number of nitrogens with one attached hydrogen (secondary N) is 5. The van der Waals surface area contributed by atoms with Gasteiger partial charge in [-0.1, -0.05) is 166 Å². The zero-order valence-corrected chi connectivity index (χ0v) is 84.8. The lowest BCUT2D eigenvalue weighted by molar-refractivity contribution is -0.130. The predicted octanol–water partition coefficient (Wildman–Crippen LogP) is 24.2. The molecule has 8 aromatic carbocycles. The molecule has 5 unspecified atom stereocenters. The van der Waals surface area contributed by atoms with Crippen LogP contribution in [0.2, 0.25) is 40.2 Å². The van der Waals surface area contributed by atoms with E-state index in [1.807, 2.05) is 199 Å². The molecule has 142 heavy (non-hydrogen) atoms. The molecule has 20 rings (SSSR count). The molecule has 0 aliphatic carbocycles. The second-order valence-corrected chi connectivity index (χ2v) is 38.6. The molecule has 5 N–H and O–H groups in total. The van der Waals surface area contributed by atoms with Gasteiger partial charge >= 0.3 is 0 Å². The van der Waals surface area contributed by atoms with Crippen LogP contribution in [0.5, 0.6) is 23.0 Å². The Morgan fingerprint density at radius 1 is 0.387 bits per heavy atom. The summed E-state index contributed by atoms with van der Waals surface area (Å²) < 4.78 is 30.0. The van der Waals surface area contributed by atoms with Crippen LogP contribution in [-0.4, -0.2) is 200 Å². The molecule has 4 amide bonds. The summed E-state index contributed by atoms with van der Waals surface area (Å²) in [5, 5.41) is 41.1. The number of piperidine rings is 1. The molecule has 8 aromatic heterocycles. The Labute approximate surface area is 860 Å². The van der Waals surface area contributed by atoms with Gasteiger partial charge in [0.2, 0.25) is 5.91 Å². The first kappa shape index (κ1) is 101. The average molecular weight is 2070 g/mol. The Bertz CT molecular complexity index is 7150. The number of aromatic nitrogens is 12. The van der Waals surface area contributed by atoms with Crippen LogP contribution in [0.1, 0.15) is 156 Å². The van der Waals surface area contributed by atoms with Crippen molar-refractivity contribution in [1.82, 2.24) is 90.5 Å². The van der Waals surface area contributed by atoms with Crippen LogP contribution in [0.3, 0.4) is 0 Å². The minimum absolute atomic E-state index is 0.0137. The highest BCUT2D eigenvalue weighted by atomic mass is 35.5. The number of ether oxygens (including phenoxy) is 5. The Hall–Kier alpha value is -12.7. The number of fused-ring (bicyclic) bond motifs is 4. The van der Waals surface area contributed by atoms with Crippen LogP contribution in [0.4, 0.5) is 0 Å². The van der Waals surface area contributed by atoms with Gasteiger partial charge in [-0.3, -0.25) is 64.4 Å². The molecule has 27 nitrogen and oxygen atoms in total. The smallest absolute Gasteiger partial charge is 0.254 e. The summed E-state index contributed by atoms with van der Waals surface area (Å²) in [5.41, 5.74) is 16.6. The lowest BCUT2D eigenvalue weighted by Gasteiger charge is -2.34. The van der Waals surface area contributed by atoms with E-state index in [9.17, 15) is 19.2 Å². The molecular weight excluding hydrogens is 1960 g/mol. The van der Waals surface area contributed by atoms with Crippen LogP contribution < -0.4 is 24.3 Å². The molecule has 16 aromatic rings. The number of hydrogen-bond donors (Lipinski definition) is 5. The van der Waals surface area contributed by atoms with Gasteiger partial charge in [0.15, 0.2) is 0 Å². The van der Waals surface area contributed by atoms with Gasteiger partial charge in [-0.2, -0.15) is 20.4 Å². The van der Waals surface area contributed by atoms with Gasteiger partial charge in [-0.25, -0.2) is 0 Å². The Kier molecular flexibility index (Phi) is 32.7. The van der Waals surface area contributed by atoms with Gasteiger partial charge in [-0.15, -0.1) is 0 Å². The zero-order valence-electron chi connectivity index (χ0n) is 78.7. The SMILES string of the molecule is CC(=O)N1CCN(Cc2ccc(/C=C/c3n[nH]c4ccc(OC(C)c5c(Cl)cncc5Cl)cc34)cc2)CC1.CC(Oc1ccc2[nH]nc(-c3ccc(C(=O)N4CCOCC4)cc3)c2c1)c1c(Cl)cncc1Cl.CC1CCN(C(=O)c2ccc(-c3n[nH]c4ccc(OC(C)c5c(Cl)cncc5Cl)cc34)cc2)CC1.CC1CN(C(=O)c2ccc(-c3n[nH]c4ccc(OC(C)c5c(Cl)cncc5Cl)cc34)cc2)CCN1. The summed E-state index contributed by atoms with van der Waals surface area (Å²) in [6, 6.07) is 54.6. The van der Waals surface area contributed by atoms with E-state index in [-0.39, 0.29) is 48.0 Å². The molecule has 0 saturated carbocycles. The standard InChI is InChI=1S/C29H29Cl2N5O2.C27H26Cl2N4O2.C26H25Cl2N5O2.C25H22Cl2N4O3/c1-19(29-25(30)16-32-17-26(29)31)38-23-8-10-28-24(15-23)27(33-34-28)9-7-21-3-5-22(6-4-21)18-35-11-13-36(14-12-35)20(2)37;1-16-9-11-33(12-10-16)27(34)19-5-3-18(4-6-19)26-21-13-20(7-8-24(21)31-32-26)35-17(2)25-22(28)14-30-15-23(25)29;1-15-14-33(10-9-30-15)26(34)18-5-3-17(4-6-18)25-20-11-19(7-8-23(20)31-32-25)35-16(2)24-21(27)12-29-13-22(24)28;1-15(23-20(26)13-28-14-21(23)27)34-18-6-7-22-19(12-18)24(30-29-22)16-2-4-17(5-3-16)25(32)31-8-10-33-11-9-31/h3-10,15-17,19H,11-14,18H2,1-2H3,(H,33,34);3-8,13-17H,9-12H2,1-2H3,(H,31,32);3-8,11-13,15-16,30H,9-10,14H2,1-2H3,(H,31,32);2-7,12-15H,8-11H2,1H3,(H,29,30)/b9-7+;;;. The number of pyridine rings is 4. The number of carbonyl (C=O) groups is 4. The molecule has 4 fully saturated rings. The molecule has 12 heterocycles. The number of morpholine rings is 1. The van der Waals surface area contributed by atoms with Crippen molar-refractivity contribution in [2.75, 3.05) is 85.2 Å². The lowest BCUT2D eigenvalue weighted by atomic mass is 9.98. The number of likely N-dealkylation sites (tertiary alicyclic amines) is 1. The van der Waals surface area contributed by atoms with Gasteiger partial charge in [0.1, 0.15) is 64.5 Å². The number of amides is 4. The molecule has 5 atom stereocenters. The van der Waals surface area contributed by atoms with Crippen LogP contribution >= 0.6 is 92.8 Å². The van der Waals surface area contributed by atoms with Crippen molar-refractivity contribution in [3.63, 3.8) is 0 Å². The van der Waals surface area contributed by atoms with E-state index in [4.69, 9.17) is 116 Å². The fourth-order valence-electron chi connectivity index (χ4n) is 17.7. The van der Waals surface area contributed by atoms with Crippen molar-refractivity contribution in [3.05, 3.63) is 315 Å². The molecule has 730 valence electrons. The molecule has 0 radical (unpaired) electrons. The summed E-state index contributed by atoms with van der Waals surface area (Å²) >= 11 is 50.3. The van der Waals surface area contributed by atoms with Gasteiger partial charge in [-0.05, 0) is 180 Å². The summed E-state index contributed by atoms with van der Waals surface area (Å²) in [6.07, 6.45) is 17.2. The third-order valence-corrected chi connectivity index (χ3v) is 27.9. The number of H-pyrrole nitrogens is 4. The van der Waals surface area contributed by atoms with E-state index in [1.54, 1.807) is 56.5 Å². The number of benzene rings is 8. The number of piperazine rings is 2. The zero-order chi connectivity index (χ0) is 99.4. The van der Waals surface area contributed by atoms with Crippen molar-refractivity contribution in [1.29, 1.82) is 0 Å². The highest BCUT2D eigenvalue weighted by Crippen LogP contribution is 2.42. The van der Waals surface area contributed by atoms with E-state index in [0.717, 1.165) is 154 Å². The van der Waals surface area contributed by atoms with Gasteiger partial charge in [0.05, 0.1) is 81.2 Å². The number of carbonyl (C=O) groups excluding carboxylic acids is 4. The molecule has 4 aliphatic rings. The normalized spacial score (nSPS) is 15.6. The Morgan fingerprint density at radius 2 is 0.725 bits per heavy atom. The first-order valence-electron chi connectivity index (χ1n) is 46.7.